The lowest BCUT2D eigenvalue weighted by atomic mass is 10.3. The first-order chi connectivity index (χ1) is 8.44. The van der Waals surface area contributed by atoms with E-state index in [9.17, 15) is 13.2 Å². The second kappa shape index (κ2) is 4.30. The van der Waals surface area contributed by atoms with Crippen molar-refractivity contribution in [3.05, 3.63) is 58.4 Å². The van der Waals surface area contributed by atoms with E-state index in [2.05, 4.69) is 11.7 Å². The van der Waals surface area contributed by atoms with Gasteiger partial charge in [0.05, 0.1) is 10.6 Å². The zero-order valence-electron chi connectivity index (χ0n) is 9.75. The van der Waals surface area contributed by atoms with Crippen molar-refractivity contribution in [2.45, 2.75) is 11.8 Å². The average molecular weight is 264 g/mol. The number of nitrogens with one attached hydrogen (secondary N) is 1. The highest BCUT2D eigenvalue weighted by Crippen LogP contribution is 2.14. The third-order valence-corrected chi connectivity index (χ3v) is 3.86. The van der Waals surface area contributed by atoms with Crippen LogP contribution in [-0.2, 0) is 9.84 Å². The number of benzene rings is 1. The summed E-state index contributed by atoms with van der Waals surface area (Å²) < 4.78 is 24.4. The van der Waals surface area contributed by atoms with E-state index in [1.54, 1.807) is 19.1 Å². The van der Waals surface area contributed by atoms with Gasteiger partial charge >= 0.3 is 0 Å². The van der Waals surface area contributed by atoms with E-state index < -0.39 is 9.84 Å². The lowest BCUT2D eigenvalue weighted by Crippen LogP contribution is -2.13. The molecule has 0 saturated heterocycles. The van der Waals surface area contributed by atoms with Crippen LogP contribution in [0, 0.1) is 6.92 Å². The summed E-state index contributed by atoms with van der Waals surface area (Å²) >= 11 is 0. The first-order valence-electron chi connectivity index (χ1n) is 5.21. The number of H-pyrrole nitrogens is 1. The van der Waals surface area contributed by atoms with E-state index in [0.717, 1.165) is 11.1 Å². The summed E-state index contributed by atoms with van der Waals surface area (Å²) in [5.41, 5.74) is 1.13. The molecule has 0 aliphatic heterocycles. The lowest BCUT2D eigenvalue weighted by molar-refractivity contribution is 0.604. The summed E-state index contributed by atoms with van der Waals surface area (Å²) in [4.78, 5) is 11.7. The van der Waals surface area contributed by atoms with Crippen molar-refractivity contribution in [3.8, 4) is 5.69 Å². The largest absolute Gasteiger partial charge is 0.295 e. The van der Waals surface area contributed by atoms with Gasteiger partial charge in [-0.05, 0) is 31.2 Å². The Morgan fingerprint density at radius 2 is 1.89 bits per heavy atom. The normalized spacial score (nSPS) is 11.4. The first kappa shape index (κ1) is 12.4. The van der Waals surface area contributed by atoms with Gasteiger partial charge in [0.15, 0.2) is 9.84 Å². The molecular formula is C12H12N2O3S. The number of sulfone groups is 1. The number of aryl methyl sites for hydroxylation is 1. The summed E-state index contributed by atoms with van der Waals surface area (Å²) in [6, 6.07) is 7.47. The molecule has 0 fully saturated rings. The Balaban J connectivity index is 2.49. The predicted octanol–water partition coefficient (Wildman–Crippen LogP) is 1.39. The second-order valence-electron chi connectivity index (χ2n) is 3.82. The van der Waals surface area contributed by atoms with Crippen molar-refractivity contribution in [3.63, 3.8) is 0 Å². The molecule has 2 rings (SSSR count). The molecule has 5 nitrogen and oxygen atoms in total. The Bertz CT molecular complexity index is 736. The van der Waals surface area contributed by atoms with E-state index in [4.69, 9.17) is 0 Å². The molecule has 0 radical (unpaired) electrons. The van der Waals surface area contributed by atoms with Crippen LogP contribution < -0.4 is 5.56 Å². The molecule has 18 heavy (non-hydrogen) atoms. The van der Waals surface area contributed by atoms with Crippen LogP contribution in [-0.4, -0.2) is 18.2 Å². The Hall–Kier alpha value is -2.08. The number of nitrogens with zero attached hydrogens (tertiary/aromatic N) is 1. The molecule has 94 valence electrons. The van der Waals surface area contributed by atoms with E-state index in [0.29, 0.717) is 5.69 Å². The molecule has 0 unspecified atom stereocenters. The van der Waals surface area contributed by atoms with Gasteiger partial charge in [-0.25, -0.2) is 13.1 Å². The number of hydrogen-bond donors (Lipinski definition) is 1. The summed E-state index contributed by atoms with van der Waals surface area (Å²) in [7, 11) is -3.44. The van der Waals surface area contributed by atoms with E-state index in [1.165, 1.54) is 22.9 Å². The van der Waals surface area contributed by atoms with Crippen LogP contribution in [0.2, 0.25) is 0 Å². The van der Waals surface area contributed by atoms with Crippen LogP contribution in [0.25, 0.3) is 5.69 Å². The van der Waals surface area contributed by atoms with Crippen LogP contribution in [0.15, 0.2) is 52.0 Å². The fourth-order valence-corrected chi connectivity index (χ4v) is 2.29. The van der Waals surface area contributed by atoms with Crippen LogP contribution in [0.4, 0.5) is 0 Å². The van der Waals surface area contributed by atoms with Crippen molar-refractivity contribution in [2.75, 3.05) is 0 Å². The number of hydrogen-bond acceptors (Lipinski definition) is 3. The van der Waals surface area contributed by atoms with Gasteiger partial charge in [-0.15, -0.1) is 0 Å². The summed E-state index contributed by atoms with van der Waals surface area (Å²) in [6.45, 7) is 5.03. The van der Waals surface area contributed by atoms with Gasteiger partial charge in [0, 0.05) is 17.2 Å². The second-order valence-corrected chi connectivity index (χ2v) is 5.71. The molecule has 0 atom stereocenters. The molecule has 0 amide bonds. The summed E-state index contributed by atoms with van der Waals surface area (Å²) in [5, 5.41) is 3.76. The zero-order chi connectivity index (χ0) is 13.3. The lowest BCUT2D eigenvalue weighted by Gasteiger charge is -2.03. The third kappa shape index (κ3) is 2.14. The molecule has 0 saturated carbocycles. The van der Waals surface area contributed by atoms with E-state index >= 15 is 0 Å². The highest BCUT2D eigenvalue weighted by molar-refractivity contribution is 7.94. The fraction of sp³-hybridized carbons (Fsp3) is 0.0833. The van der Waals surface area contributed by atoms with Gasteiger partial charge in [-0.3, -0.25) is 9.89 Å². The van der Waals surface area contributed by atoms with Crippen LogP contribution >= 0.6 is 0 Å². The predicted molar refractivity (Wildman–Crippen MR) is 68.5 cm³/mol. The quantitative estimate of drug-likeness (QED) is 0.910. The fourth-order valence-electron chi connectivity index (χ4n) is 1.59. The van der Waals surface area contributed by atoms with Crippen molar-refractivity contribution < 1.29 is 8.42 Å². The standard InChI is InChI=1S/C12H12N2O3S/c1-3-18(16,17)11-6-4-10(5-7-11)14-12(15)8-9(2)13-14/h3-8,13H,1H2,2H3. The van der Waals surface area contributed by atoms with Crippen molar-refractivity contribution in [1.82, 2.24) is 9.78 Å². The monoisotopic (exact) mass is 264 g/mol. The highest BCUT2D eigenvalue weighted by Gasteiger charge is 2.09. The molecule has 0 spiro atoms. The molecule has 6 heteroatoms. The van der Waals surface area contributed by atoms with Gasteiger partial charge in [-0.2, -0.15) is 0 Å². The number of rotatable bonds is 3. The molecule has 1 heterocycles. The third-order valence-electron chi connectivity index (χ3n) is 2.49. The SMILES string of the molecule is C=CS(=O)(=O)c1ccc(-n2[nH]c(C)cc2=O)cc1. The Kier molecular flexibility index (Phi) is 2.96. The topological polar surface area (TPSA) is 71.9 Å². The Labute approximate surface area is 104 Å². The van der Waals surface area contributed by atoms with Gasteiger partial charge in [-0.1, -0.05) is 6.58 Å². The maximum Gasteiger partial charge on any atom is 0.271 e. The molecule has 1 aromatic heterocycles. The van der Waals surface area contributed by atoms with Crippen LogP contribution in [0.5, 0.6) is 0 Å². The van der Waals surface area contributed by atoms with Gasteiger partial charge in [0.2, 0.25) is 0 Å². The highest BCUT2D eigenvalue weighted by atomic mass is 32.2. The van der Waals surface area contributed by atoms with E-state index in [-0.39, 0.29) is 10.5 Å². The minimum Gasteiger partial charge on any atom is -0.295 e. The maximum absolute atomic E-state index is 11.6. The minimum absolute atomic E-state index is 0.151. The molecule has 1 N–H and O–H groups in total. The summed E-state index contributed by atoms with van der Waals surface area (Å²) in [6.07, 6.45) is 0. The van der Waals surface area contributed by atoms with Crippen LogP contribution in [0.1, 0.15) is 5.69 Å². The van der Waals surface area contributed by atoms with Crippen molar-refractivity contribution >= 4 is 9.84 Å². The average Bonchev–Trinajstić information content (AvgIpc) is 2.69. The molecular weight excluding hydrogens is 252 g/mol. The van der Waals surface area contributed by atoms with Crippen molar-refractivity contribution in [1.29, 1.82) is 0 Å². The van der Waals surface area contributed by atoms with Gasteiger partial charge in [0.25, 0.3) is 5.56 Å². The molecule has 0 bridgehead atoms. The molecule has 1 aromatic carbocycles. The first-order valence-corrected chi connectivity index (χ1v) is 6.75. The number of aromatic nitrogens is 2. The van der Waals surface area contributed by atoms with Crippen molar-refractivity contribution in [2.24, 2.45) is 0 Å². The molecule has 2 aromatic rings. The van der Waals surface area contributed by atoms with Gasteiger partial charge in [0.1, 0.15) is 0 Å². The van der Waals surface area contributed by atoms with E-state index in [1.807, 2.05) is 0 Å². The molecule has 0 aliphatic rings. The smallest absolute Gasteiger partial charge is 0.271 e. The number of aromatic amines is 1. The van der Waals surface area contributed by atoms with Crippen LogP contribution in [0.3, 0.4) is 0 Å². The maximum atomic E-state index is 11.6. The minimum atomic E-state index is -3.44. The van der Waals surface area contributed by atoms with Gasteiger partial charge < -0.3 is 0 Å². The molecule has 0 aliphatic carbocycles. The summed E-state index contributed by atoms with van der Waals surface area (Å²) in [5.74, 6) is 0. The Morgan fingerprint density at radius 3 is 2.33 bits per heavy atom. The zero-order valence-corrected chi connectivity index (χ0v) is 10.6. The Morgan fingerprint density at radius 1 is 1.28 bits per heavy atom.